The smallest absolute Gasteiger partial charge is 0.230 e. The first-order chi connectivity index (χ1) is 14.5. The van der Waals surface area contributed by atoms with Gasteiger partial charge in [0.25, 0.3) is 0 Å². The molecule has 1 saturated carbocycles. The van der Waals surface area contributed by atoms with E-state index in [-0.39, 0.29) is 18.6 Å². The number of fused-ring (bicyclic) bond motifs is 2. The predicted octanol–water partition coefficient (Wildman–Crippen LogP) is 3.19. The molecule has 2 fully saturated rings. The quantitative estimate of drug-likeness (QED) is 0.837. The van der Waals surface area contributed by atoms with Gasteiger partial charge in [0.2, 0.25) is 5.91 Å². The second-order valence-corrected chi connectivity index (χ2v) is 8.58. The Balaban J connectivity index is 1.49. The molecule has 30 heavy (non-hydrogen) atoms. The molecule has 2 aliphatic heterocycles. The van der Waals surface area contributed by atoms with Gasteiger partial charge < -0.3 is 15.0 Å². The van der Waals surface area contributed by atoms with Gasteiger partial charge in [-0.1, -0.05) is 6.07 Å². The van der Waals surface area contributed by atoms with Crippen LogP contribution in [0.4, 0.5) is 8.78 Å². The number of piperidine rings is 1. The van der Waals surface area contributed by atoms with Crippen molar-refractivity contribution >= 4 is 5.91 Å². The molecule has 1 aromatic heterocycles. The maximum atomic E-state index is 14.1. The van der Waals surface area contributed by atoms with Crippen LogP contribution < -0.4 is 5.32 Å². The van der Waals surface area contributed by atoms with Crippen LogP contribution in [-0.2, 0) is 28.3 Å². The molecule has 5 nitrogen and oxygen atoms in total. The van der Waals surface area contributed by atoms with E-state index in [0.717, 1.165) is 24.2 Å². The maximum absolute atomic E-state index is 14.1. The summed E-state index contributed by atoms with van der Waals surface area (Å²) in [6, 6.07) is 8.45. The highest BCUT2D eigenvalue weighted by atomic mass is 19.2. The molecule has 1 N–H and O–H groups in total. The zero-order valence-electron chi connectivity index (χ0n) is 17.0. The summed E-state index contributed by atoms with van der Waals surface area (Å²) in [6.07, 6.45) is 2.49. The van der Waals surface area contributed by atoms with Crippen molar-refractivity contribution < 1.29 is 18.3 Å². The molecule has 1 saturated heterocycles. The summed E-state index contributed by atoms with van der Waals surface area (Å²) in [5.41, 5.74) is 2.10. The van der Waals surface area contributed by atoms with Crippen LogP contribution in [0.1, 0.15) is 41.8 Å². The summed E-state index contributed by atoms with van der Waals surface area (Å²) in [6.45, 7) is 3.68. The topological polar surface area (TPSA) is 54.5 Å². The van der Waals surface area contributed by atoms with Gasteiger partial charge in [0, 0.05) is 18.3 Å². The van der Waals surface area contributed by atoms with Crippen LogP contribution in [0, 0.1) is 24.5 Å². The van der Waals surface area contributed by atoms with Gasteiger partial charge in [-0.25, -0.2) is 8.78 Å². The first-order valence-electron chi connectivity index (χ1n) is 10.5. The summed E-state index contributed by atoms with van der Waals surface area (Å²) in [4.78, 5) is 20.3. The molecular formula is C23H25F2N3O2. The summed E-state index contributed by atoms with van der Waals surface area (Å²) in [7, 11) is 0. The van der Waals surface area contributed by atoms with E-state index in [4.69, 9.17) is 4.74 Å². The van der Waals surface area contributed by atoms with E-state index in [1.807, 2.05) is 30.0 Å². The standard InChI is InChI=1S/C23H25F2N3O2/c1-14-3-2-4-16(27-14)12-28(17-5-6-17)22(29)19-11-26-8-7-23(19)18-10-21(25)20(24)9-15(18)13-30-23/h2-4,9-10,17,19,26H,5-8,11-13H2,1H3/t19-,23+/m1/s1. The Morgan fingerprint density at radius 3 is 2.87 bits per heavy atom. The number of aryl methyl sites for hydroxylation is 1. The first-order valence-corrected chi connectivity index (χ1v) is 10.5. The zero-order chi connectivity index (χ0) is 20.9. The van der Waals surface area contributed by atoms with Crippen molar-refractivity contribution in [2.75, 3.05) is 13.1 Å². The van der Waals surface area contributed by atoms with Crippen LogP contribution >= 0.6 is 0 Å². The molecular weight excluding hydrogens is 388 g/mol. The second kappa shape index (κ2) is 7.39. The van der Waals surface area contributed by atoms with Gasteiger partial charge >= 0.3 is 0 Å². The predicted molar refractivity (Wildman–Crippen MR) is 106 cm³/mol. The number of nitrogens with one attached hydrogen (secondary N) is 1. The number of ether oxygens (including phenoxy) is 1. The highest BCUT2D eigenvalue weighted by molar-refractivity contribution is 5.82. The van der Waals surface area contributed by atoms with Gasteiger partial charge in [0.1, 0.15) is 5.60 Å². The second-order valence-electron chi connectivity index (χ2n) is 8.58. The Labute approximate surface area is 174 Å². The Morgan fingerprint density at radius 1 is 1.30 bits per heavy atom. The normalized spacial score (nSPS) is 25.4. The lowest BCUT2D eigenvalue weighted by atomic mass is 9.75. The van der Waals surface area contributed by atoms with Crippen LogP contribution in [0.5, 0.6) is 0 Å². The summed E-state index contributed by atoms with van der Waals surface area (Å²) >= 11 is 0. The number of hydrogen-bond donors (Lipinski definition) is 1. The number of halogens is 2. The molecule has 2 aromatic rings. The highest BCUT2D eigenvalue weighted by Gasteiger charge is 2.53. The van der Waals surface area contributed by atoms with Crippen LogP contribution in [-0.4, -0.2) is 34.9 Å². The average molecular weight is 413 g/mol. The van der Waals surface area contributed by atoms with Crippen molar-refractivity contribution in [3.8, 4) is 0 Å². The van der Waals surface area contributed by atoms with E-state index in [1.54, 1.807) is 0 Å². The Bertz CT molecular complexity index is 994. The molecule has 3 heterocycles. The van der Waals surface area contributed by atoms with Gasteiger partial charge in [-0.3, -0.25) is 9.78 Å². The van der Waals surface area contributed by atoms with Gasteiger partial charge in [0.05, 0.1) is 24.8 Å². The summed E-state index contributed by atoms with van der Waals surface area (Å²) in [5.74, 6) is -2.28. The third-order valence-corrected chi connectivity index (χ3v) is 6.52. The van der Waals surface area contributed by atoms with E-state index in [1.165, 1.54) is 12.1 Å². The SMILES string of the molecule is Cc1cccc(CN(C(=O)[C@H]2CNCC[C@@]23OCc2cc(F)c(F)cc23)C2CC2)n1. The number of carbonyl (C=O) groups is 1. The number of amides is 1. The van der Waals surface area contributed by atoms with E-state index in [0.29, 0.717) is 37.2 Å². The van der Waals surface area contributed by atoms with E-state index >= 15 is 0 Å². The largest absolute Gasteiger partial charge is 0.365 e. The average Bonchev–Trinajstić information content (AvgIpc) is 3.52. The molecule has 0 radical (unpaired) electrons. The first kappa shape index (κ1) is 19.6. The maximum Gasteiger partial charge on any atom is 0.230 e. The van der Waals surface area contributed by atoms with Crippen molar-refractivity contribution in [3.05, 3.63) is 64.5 Å². The van der Waals surface area contributed by atoms with Crippen molar-refractivity contribution in [2.45, 2.75) is 51.0 Å². The summed E-state index contributed by atoms with van der Waals surface area (Å²) < 4.78 is 34.1. The van der Waals surface area contributed by atoms with Crippen LogP contribution in [0.2, 0.25) is 0 Å². The Hall–Kier alpha value is -2.38. The highest BCUT2D eigenvalue weighted by Crippen LogP contribution is 2.48. The molecule has 0 bridgehead atoms. The minimum Gasteiger partial charge on any atom is -0.365 e. The van der Waals surface area contributed by atoms with Gasteiger partial charge in [-0.2, -0.15) is 0 Å². The lowest BCUT2D eigenvalue weighted by Gasteiger charge is -2.42. The van der Waals surface area contributed by atoms with Crippen LogP contribution in [0.15, 0.2) is 30.3 Å². The molecule has 5 rings (SSSR count). The third kappa shape index (κ3) is 3.30. The Morgan fingerprint density at radius 2 is 2.10 bits per heavy atom. The minimum atomic E-state index is -0.917. The van der Waals surface area contributed by atoms with E-state index in [9.17, 15) is 13.6 Å². The molecule has 1 aromatic carbocycles. The molecule has 2 atom stereocenters. The number of benzene rings is 1. The summed E-state index contributed by atoms with van der Waals surface area (Å²) in [5, 5.41) is 3.30. The van der Waals surface area contributed by atoms with Crippen LogP contribution in [0.25, 0.3) is 0 Å². The molecule has 158 valence electrons. The lowest BCUT2D eigenvalue weighted by molar-refractivity contribution is -0.157. The molecule has 3 aliphatic rings. The van der Waals surface area contributed by atoms with Crippen molar-refractivity contribution in [2.24, 2.45) is 5.92 Å². The van der Waals surface area contributed by atoms with Crippen molar-refractivity contribution in [1.82, 2.24) is 15.2 Å². The minimum absolute atomic E-state index is 0.00871. The molecule has 1 aliphatic carbocycles. The van der Waals surface area contributed by atoms with Gasteiger partial charge in [-0.15, -0.1) is 0 Å². The van der Waals surface area contributed by atoms with E-state index < -0.39 is 23.2 Å². The number of pyridine rings is 1. The van der Waals surface area contributed by atoms with E-state index in [2.05, 4.69) is 10.3 Å². The lowest BCUT2D eigenvalue weighted by Crippen LogP contribution is -2.55. The number of hydrogen-bond acceptors (Lipinski definition) is 4. The van der Waals surface area contributed by atoms with Gasteiger partial charge in [-0.05, 0) is 68.1 Å². The number of nitrogens with zero attached hydrogens (tertiary/aromatic N) is 2. The van der Waals surface area contributed by atoms with Gasteiger partial charge in [0.15, 0.2) is 11.6 Å². The number of rotatable bonds is 4. The van der Waals surface area contributed by atoms with Crippen LogP contribution in [0.3, 0.4) is 0 Å². The molecule has 0 unspecified atom stereocenters. The number of aromatic nitrogens is 1. The zero-order valence-corrected chi connectivity index (χ0v) is 17.0. The molecule has 1 spiro atoms. The fraction of sp³-hybridized carbons (Fsp3) is 0.478. The van der Waals surface area contributed by atoms with Crippen molar-refractivity contribution in [1.29, 1.82) is 0 Å². The van der Waals surface area contributed by atoms with Crippen molar-refractivity contribution in [3.63, 3.8) is 0 Å². The molecule has 7 heteroatoms. The fourth-order valence-electron chi connectivity index (χ4n) is 4.86. The monoisotopic (exact) mass is 413 g/mol. The fourth-order valence-corrected chi connectivity index (χ4v) is 4.86. The Kier molecular flexibility index (Phi) is 4.82. The third-order valence-electron chi connectivity index (χ3n) is 6.52. The number of carbonyl (C=O) groups excluding carboxylic acids is 1. The molecule has 1 amide bonds.